The van der Waals surface area contributed by atoms with E-state index in [4.69, 9.17) is 4.74 Å². The number of hydrogen-bond donors (Lipinski definition) is 0. The number of halogens is 1. The Morgan fingerprint density at radius 1 is 1.18 bits per heavy atom. The molecule has 0 bridgehead atoms. The maximum atomic E-state index is 14.7. The Balaban J connectivity index is 1.42. The molecule has 3 aromatic heterocycles. The highest BCUT2D eigenvalue weighted by atomic mass is 19.1. The van der Waals surface area contributed by atoms with E-state index in [0.717, 1.165) is 51.5 Å². The zero-order valence-electron chi connectivity index (χ0n) is 18.4. The van der Waals surface area contributed by atoms with Crippen molar-refractivity contribution in [1.82, 2.24) is 14.4 Å². The molecule has 0 saturated heterocycles. The Morgan fingerprint density at radius 3 is 2.82 bits per heavy atom. The average Bonchev–Trinajstić information content (AvgIpc) is 3.46. The number of nitrogens with zero attached hydrogens (tertiary/aromatic N) is 4. The molecule has 1 aromatic carbocycles. The van der Waals surface area contributed by atoms with Crippen molar-refractivity contribution < 1.29 is 9.13 Å². The molecule has 1 aliphatic heterocycles. The summed E-state index contributed by atoms with van der Waals surface area (Å²) in [5.41, 5.74) is 7.96. The first-order valence-corrected chi connectivity index (χ1v) is 11.4. The number of rotatable bonds is 5. The lowest BCUT2D eigenvalue weighted by Crippen LogP contribution is -2.06. The van der Waals surface area contributed by atoms with E-state index in [1.165, 1.54) is 18.9 Å². The van der Waals surface area contributed by atoms with Crippen LogP contribution < -0.4 is 4.74 Å². The summed E-state index contributed by atoms with van der Waals surface area (Å²) in [6.45, 7) is 2.56. The maximum absolute atomic E-state index is 14.7. The predicted molar refractivity (Wildman–Crippen MR) is 123 cm³/mol. The Morgan fingerprint density at radius 2 is 2.06 bits per heavy atom. The molecule has 0 atom stereocenters. The Hall–Kier alpha value is -3.72. The second kappa shape index (κ2) is 7.70. The quantitative estimate of drug-likeness (QED) is 0.423. The SMILES string of the molecule is Cc1ncn2c(CCc3c(F)ccc4c3CCO4)c(C#N)cc(-c3ccc(C4CC4)nc3)c12. The van der Waals surface area contributed by atoms with Crippen LogP contribution in [0.5, 0.6) is 5.75 Å². The van der Waals surface area contributed by atoms with Crippen molar-refractivity contribution in [2.45, 2.75) is 44.9 Å². The number of pyridine rings is 2. The first-order valence-electron chi connectivity index (χ1n) is 11.4. The summed E-state index contributed by atoms with van der Waals surface area (Å²) in [7, 11) is 0. The number of aryl methyl sites for hydroxylation is 2. The van der Waals surface area contributed by atoms with Crippen molar-refractivity contribution in [3.8, 4) is 22.9 Å². The molecule has 1 aliphatic carbocycles. The normalized spacial score (nSPS) is 14.8. The average molecular weight is 439 g/mol. The van der Waals surface area contributed by atoms with Crippen LogP contribution in [0.1, 0.15) is 52.5 Å². The molecule has 4 heterocycles. The summed E-state index contributed by atoms with van der Waals surface area (Å²) in [5.74, 6) is 1.15. The molecule has 0 unspecified atom stereocenters. The van der Waals surface area contributed by atoms with Crippen LogP contribution >= 0.6 is 0 Å². The minimum Gasteiger partial charge on any atom is -0.493 e. The van der Waals surface area contributed by atoms with Gasteiger partial charge >= 0.3 is 0 Å². The van der Waals surface area contributed by atoms with E-state index in [1.807, 2.05) is 23.6 Å². The highest BCUT2D eigenvalue weighted by molar-refractivity contribution is 5.83. The highest BCUT2D eigenvalue weighted by Gasteiger charge is 2.25. The second-order valence-electron chi connectivity index (χ2n) is 8.93. The lowest BCUT2D eigenvalue weighted by Gasteiger charge is -2.14. The van der Waals surface area contributed by atoms with Crippen molar-refractivity contribution in [2.75, 3.05) is 6.61 Å². The van der Waals surface area contributed by atoms with Gasteiger partial charge in [0.25, 0.3) is 0 Å². The second-order valence-corrected chi connectivity index (χ2v) is 8.93. The highest BCUT2D eigenvalue weighted by Crippen LogP contribution is 2.40. The van der Waals surface area contributed by atoms with Gasteiger partial charge in [-0.1, -0.05) is 6.07 Å². The summed E-state index contributed by atoms with van der Waals surface area (Å²) < 4.78 is 22.3. The zero-order chi connectivity index (χ0) is 22.5. The van der Waals surface area contributed by atoms with Crippen LogP contribution in [0.15, 0.2) is 42.9 Å². The first-order chi connectivity index (χ1) is 16.1. The molecule has 1 fully saturated rings. The van der Waals surface area contributed by atoms with Gasteiger partial charge in [-0.3, -0.25) is 4.98 Å². The van der Waals surface area contributed by atoms with E-state index in [-0.39, 0.29) is 5.82 Å². The van der Waals surface area contributed by atoms with Crippen molar-refractivity contribution in [3.05, 3.63) is 82.4 Å². The van der Waals surface area contributed by atoms with Crippen LogP contribution in [0.4, 0.5) is 4.39 Å². The van der Waals surface area contributed by atoms with Crippen LogP contribution in [0.25, 0.3) is 16.6 Å². The fourth-order valence-electron chi connectivity index (χ4n) is 4.98. The number of ether oxygens (including phenoxy) is 1. The smallest absolute Gasteiger partial charge is 0.126 e. The van der Waals surface area contributed by atoms with Crippen LogP contribution in [-0.4, -0.2) is 21.0 Å². The lowest BCUT2D eigenvalue weighted by atomic mass is 9.96. The lowest BCUT2D eigenvalue weighted by molar-refractivity contribution is 0.356. The molecule has 164 valence electrons. The van der Waals surface area contributed by atoms with Gasteiger partial charge in [0.05, 0.1) is 29.7 Å². The third kappa shape index (κ3) is 3.36. The molecule has 4 aromatic rings. The van der Waals surface area contributed by atoms with E-state index in [1.54, 1.807) is 12.4 Å². The zero-order valence-corrected chi connectivity index (χ0v) is 18.4. The van der Waals surface area contributed by atoms with E-state index >= 15 is 0 Å². The van der Waals surface area contributed by atoms with Crippen molar-refractivity contribution in [2.24, 2.45) is 0 Å². The minimum absolute atomic E-state index is 0.214. The summed E-state index contributed by atoms with van der Waals surface area (Å²) in [6.07, 6.45) is 7.84. The van der Waals surface area contributed by atoms with Crippen LogP contribution in [0, 0.1) is 24.1 Å². The third-order valence-corrected chi connectivity index (χ3v) is 6.86. The minimum atomic E-state index is -0.214. The van der Waals surface area contributed by atoms with Gasteiger partial charge in [-0.2, -0.15) is 5.26 Å². The Kier molecular flexibility index (Phi) is 4.65. The molecule has 6 rings (SSSR count). The summed E-state index contributed by atoms with van der Waals surface area (Å²) in [4.78, 5) is 9.21. The third-order valence-electron chi connectivity index (χ3n) is 6.86. The van der Waals surface area contributed by atoms with E-state index in [9.17, 15) is 9.65 Å². The van der Waals surface area contributed by atoms with Crippen LogP contribution in [0.2, 0.25) is 0 Å². The molecule has 0 radical (unpaired) electrons. The van der Waals surface area contributed by atoms with Crippen LogP contribution in [0.3, 0.4) is 0 Å². The Bertz CT molecular complexity index is 1430. The number of aromatic nitrogens is 3. The molecule has 33 heavy (non-hydrogen) atoms. The molecule has 6 heteroatoms. The summed E-state index contributed by atoms with van der Waals surface area (Å²) in [5, 5.41) is 9.99. The van der Waals surface area contributed by atoms with Gasteiger partial charge in [0.2, 0.25) is 0 Å². The van der Waals surface area contributed by atoms with Gasteiger partial charge in [0.15, 0.2) is 0 Å². The molecule has 0 spiro atoms. The van der Waals surface area contributed by atoms with Crippen molar-refractivity contribution in [3.63, 3.8) is 0 Å². The van der Waals surface area contributed by atoms with Crippen molar-refractivity contribution in [1.29, 1.82) is 5.26 Å². The standard InChI is InChI=1S/C27H23FN4O/c1-16-27-22(18-4-7-24(30-14-18)17-2-3-17)12-19(13-29)25(32(27)15-31-16)8-5-20-21-10-11-33-26(21)9-6-23(20)28/h4,6-7,9,12,14-15,17H,2-3,5,8,10-11H2,1H3. The molecule has 5 nitrogen and oxygen atoms in total. The molecule has 2 aliphatic rings. The van der Waals surface area contributed by atoms with E-state index in [2.05, 4.69) is 28.2 Å². The first kappa shape index (κ1) is 19.9. The van der Waals surface area contributed by atoms with Gasteiger partial charge in [-0.05, 0) is 62.4 Å². The predicted octanol–water partition coefficient (Wildman–Crippen LogP) is 5.31. The van der Waals surface area contributed by atoms with Gasteiger partial charge in [-0.15, -0.1) is 0 Å². The number of hydrogen-bond acceptors (Lipinski definition) is 4. The number of imidazole rings is 1. The fourth-order valence-corrected chi connectivity index (χ4v) is 4.98. The molecular weight excluding hydrogens is 415 g/mol. The van der Waals surface area contributed by atoms with Gasteiger partial charge < -0.3 is 9.14 Å². The molecule has 0 N–H and O–H groups in total. The van der Waals surface area contributed by atoms with Crippen LogP contribution in [-0.2, 0) is 19.3 Å². The largest absolute Gasteiger partial charge is 0.493 e. The maximum Gasteiger partial charge on any atom is 0.126 e. The summed E-state index contributed by atoms with van der Waals surface area (Å²) in [6, 6.07) is 11.7. The molecule has 1 saturated carbocycles. The summed E-state index contributed by atoms with van der Waals surface area (Å²) >= 11 is 0. The monoisotopic (exact) mass is 438 g/mol. The topological polar surface area (TPSA) is 63.2 Å². The van der Waals surface area contributed by atoms with Gasteiger partial charge in [0.1, 0.15) is 17.6 Å². The number of benzene rings is 1. The number of fused-ring (bicyclic) bond motifs is 2. The number of nitriles is 1. The van der Waals surface area contributed by atoms with Gasteiger partial charge in [0, 0.05) is 46.6 Å². The van der Waals surface area contributed by atoms with Gasteiger partial charge in [-0.25, -0.2) is 9.37 Å². The van der Waals surface area contributed by atoms with Crippen molar-refractivity contribution >= 4 is 5.52 Å². The fraction of sp³-hybridized carbons (Fsp3) is 0.296. The Labute approximate surface area is 191 Å². The van der Waals surface area contributed by atoms with E-state index in [0.29, 0.717) is 36.5 Å². The van der Waals surface area contributed by atoms with E-state index < -0.39 is 0 Å². The molecular formula is C27H23FN4O. The molecule has 0 amide bonds.